The lowest BCUT2D eigenvalue weighted by atomic mass is 9.92. The second kappa shape index (κ2) is 12.5. The maximum Gasteiger partial charge on any atom is 0.306 e. The minimum absolute atomic E-state index is 0.00694. The minimum Gasteiger partial charge on any atom is -0.481 e. The van der Waals surface area contributed by atoms with Gasteiger partial charge >= 0.3 is 5.97 Å². The first-order chi connectivity index (χ1) is 16.4. The Morgan fingerprint density at radius 2 is 1.44 bits per heavy atom. The average Bonchev–Trinajstić information content (AvgIpc) is 2.84. The van der Waals surface area contributed by atoms with Gasteiger partial charge in [0.1, 0.15) is 0 Å². The predicted octanol–water partition coefficient (Wildman–Crippen LogP) is 4.70. The van der Waals surface area contributed by atoms with Crippen LogP contribution in [-0.4, -0.2) is 33.4 Å². The molecule has 0 spiro atoms. The van der Waals surface area contributed by atoms with Gasteiger partial charge in [-0.3, -0.25) is 9.59 Å². The molecule has 1 atom stereocenters. The SMILES string of the molecule is O=C(CC(CCCc1ccccc1)C(=O)O)c1ccc(-c2ccc(C#CCC(O)O)cc2)cc1. The first-order valence-corrected chi connectivity index (χ1v) is 11.3. The summed E-state index contributed by atoms with van der Waals surface area (Å²) in [6.07, 6.45) is 0.510. The molecule has 0 amide bonds. The van der Waals surface area contributed by atoms with Crippen molar-refractivity contribution < 1.29 is 24.9 Å². The molecule has 0 aromatic heterocycles. The lowest BCUT2D eigenvalue weighted by Gasteiger charge is -2.12. The minimum atomic E-state index is -1.44. The summed E-state index contributed by atoms with van der Waals surface area (Å²) >= 11 is 0. The first-order valence-electron chi connectivity index (χ1n) is 11.3. The Morgan fingerprint density at radius 3 is 2.03 bits per heavy atom. The molecule has 0 aliphatic rings. The summed E-state index contributed by atoms with van der Waals surface area (Å²) in [5, 5.41) is 27.3. The summed E-state index contributed by atoms with van der Waals surface area (Å²) in [5.74, 6) is 3.76. The van der Waals surface area contributed by atoms with Gasteiger partial charge in [-0.05, 0) is 48.1 Å². The number of aliphatic hydroxyl groups excluding tert-OH is 1. The quantitative estimate of drug-likeness (QED) is 0.233. The van der Waals surface area contributed by atoms with Crippen molar-refractivity contribution in [2.45, 2.75) is 38.4 Å². The van der Waals surface area contributed by atoms with Crippen molar-refractivity contribution in [1.29, 1.82) is 0 Å². The van der Waals surface area contributed by atoms with Gasteiger partial charge in [0.05, 0.1) is 12.3 Å². The third-order valence-corrected chi connectivity index (χ3v) is 5.58. The van der Waals surface area contributed by atoms with E-state index in [1.165, 1.54) is 0 Å². The van der Waals surface area contributed by atoms with E-state index in [0.29, 0.717) is 18.4 Å². The molecule has 0 fully saturated rings. The number of aryl methyl sites for hydroxylation is 1. The largest absolute Gasteiger partial charge is 0.481 e. The fraction of sp³-hybridized carbons (Fsp3) is 0.241. The highest BCUT2D eigenvalue weighted by atomic mass is 16.5. The standard InChI is InChI=1S/C29H28O5/c30-27(20-26(29(33)34)10-4-8-21-6-2-1-3-7-21)25-18-16-24(17-19-25)23-14-12-22(13-15-23)9-5-11-28(31)32/h1-3,6-7,12-19,26,28,31-32H,4,8,10-11,20H2,(H,33,34). The van der Waals surface area contributed by atoms with Crippen LogP contribution in [0.3, 0.4) is 0 Å². The zero-order valence-corrected chi connectivity index (χ0v) is 18.9. The molecule has 0 radical (unpaired) electrons. The number of hydrogen-bond donors (Lipinski definition) is 3. The second-order valence-electron chi connectivity index (χ2n) is 8.18. The van der Waals surface area contributed by atoms with Crippen LogP contribution in [0, 0.1) is 17.8 Å². The molecular formula is C29H28O5. The van der Waals surface area contributed by atoms with E-state index in [1.807, 2.05) is 66.7 Å². The van der Waals surface area contributed by atoms with E-state index in [4.69, 9.17) is 10.2 Å². The summed E-state index contributed by atoms with van der Waals surface area (Å²) < 4.78 is 0. The molecule has 3 aromatic rings. The van der Waals surface area contributed by atoms with E-state index in [1.54, 1.807) is 12.1 Å². The number of aliphatic hydroxyl groups is 2. The van der Waals surface area contributed by atoms with Gasteiger partial charge in [-0.2, -0.15) is 0 Å². The molecule has 0 heterocycles. The Labute approximate surface area is 199 Å². The number of carbonyl (C=O) groups is 2. The smallest absolute Gasteiger partial charge is 0.306 e. The number of rotatable bonds is 10. The van der Waals surface area contributed by atoms with E-state index in [0.717, 1.165) is 28.7 Å². The highest BCUT2D eigenvalue weighted by Gasteiger charge is 2.21. The van der Waals surface area contributed by atoms with E-state index in [9.17, 15) is 14.7 Å². The Morgan fingerprint density at radius 1 is 0.824 bits per heavy atom. The molecule has 34 heavy (non-hydrogen) atoms. The number of ketones is 1. The van der Waals surface area contributed by atoms with Crippen LogP contribution in [0.5, 0.6) is 0 Å². The number of carboxylic acids is 1. The molecule has 1 unspecified atom stereocenters. The highest BCUT2D eigenvalue weighted by molar-refractivity contribution is 5.98. The number of carboxylic acid groups (broad SMARTS) is 1. The van der Waals surface area contributed by atoms with Gasteiger partial charge in [-0.1, -0.05) is 78.6 Å². The summed E-state index contributed by atoms with van der Waals surface area (Å²) in [7, 11) is 0. The number of carbonyl (C=O) groups excluding carboxylic acids is 1. The van der Waals surface area contributed by atoms with Crippen LogP contribution in [0.25, 0.3) is 11.1 Å². The molecule has 5 nitrogen and oxygen atoms in total. The van der Waals surface area contributed by atoms with E-state index >= 15 is 0 Å². The van der Waals surface area contributed by atoms with Gasteiger partial charge in [0, 0.05) is 17.5 Å². The number of aliphatic carboxylic acids is 1. The molecule has 0 aliphatic carbocycles. The van der Waals surface area contributed by atoms with Crippen LogP contribution in [0.15, 0.2) is 78.9 Å². The van der Waals surface area contributed by atoms with Gasteiger partial charge in [0.25, 0.3) is 0 Å². The fourth-order valence-electron chi connectivity index (χ4n) is 3.69. The van der Waals surface area contributed by atoms with Gasteiger partial charge in [0.15, 0.2) is 12.1 Å². The maximum atomic E-state index is 12.7. The molecular weight excluding hydrogens is 428 g/mol. The topological polar surface area (TPSA) is 94.8 Å². The Hall–Kier alpha value is -3.72. The van der Waals surface area contributed by atoms with Crippen LogP contribution in [0.4, 0.5) is 0 Å². The summed E-state index contributed by atoms with van der Waals surface area (Å²) in [6.45, 7) is 0. The van der Waals surface area contributed by atoms with Crippen LogP contribution in [0.2, 0.25) is 0 Å². The Bertz CT molecular complexity index is 1140. The van der Waals surface area contributed by atoms with Crippen LogP contribution < -0.4 is 0 Å². The van der Waals surface area contributed by atoms with Crippen molar-refractivity contribution in [2.75, 3.05) is 0 Å². The molecule has 0 bridgehead atoms. The Kier molecular flexibility index (Phi) is 9.16. The van der Waals surface area contributed by atoms with Crippen LogP contribution in [0.1, 0.15) is 47.2 Å². The van der Waals surface area contributed by atoms with Crippen LogP contribution >= 0.6 is 0 Å². The van der Waals surface area contributed by atoms with Gasteiger partial charge in [-0.15, -0.1) is 0 Å². The van der Waals surface area contributed by atoms with E-state index < -0.39 is 18.2 Å². The Balaban J connectivity index is 1.57. The normalized spacial score (nSPS) is 11.5. The number of hydrogen-bond acceptors (Lipinski definition) is 4. The zero-order valence-electron chi connectivity index (χ0n) is 18.9. The molecule has 5 heteroatoms. The van der Waals surface area contributed by atoms with Crippen molar-refractivity contribution in [3.05, 3.63) is 95.6 Å². The predicted molar refractivity (Wildman–Crippen MR) is 131 cm³/mol. The van der Waals surface area contributed by atoms with Gasteiger partial charge in [-0.25, -0.2) is 0 Å². The summed E-state index contributed by atoms with van der Waals surface area (Å²) in [5.41, 5.74) is 4.32. The van der Waals surface area contributed by atoms with Crippen molar-refractivity contribution in [2.24, 2.45) is 5.92 Å². The molecule has 0 saturated carbocycles. The lowest BCUT2D eigenvalue weighted by molar-refractivity contribution is -0.141. The van der Waals surface area contributed by atoms with Crippen molar-refractivity contribution in [1.82, 2.24) is 0 Å². The first kappa shape index (κ1) is 24.9. The lowest BCUT2D eigenvalue weighted by Crippen LogP contribution is -2.18. The number of Topliss-reactive ketones (excluding diaryl/α,β-unsaturated/α-hetero) is 1. The zero-order chi connectivity index (χ0) is 24.3. The molecule has 0 saturated heterocycles. The second-order valence-corrected chi connectivity index (χ2v) is 8.18. The molecule has 3 aromatic carbocycles. The monoisotopic (exact) mass is 456 g/mol. The van der Waals surface area contributed by atoms with E-state index in [-0.39, 0.29) is 18.6 Å². The third kappa shape index (κ3) is 7.70. The molecule has 174 valence electrons. The van der Waals surface area contributed by atoms with E-state index in [2.05, 4.69) is 11.8 Å². The summed E-state index contributed by atoms with van der Waals surface area (Å²) in [4.78, 5) is 24.4. The molecule has 3 N–H and O–H groups in total. The third-order valence-electron chi connectivity index (χ3n) is 5.58. The molecule has 0 aliphatic heterocycles. The van der Waals surface area contributed by atoms with Crippen LogP contribution in [-0.2, 0) is 11.2 Å². The van der Waals surface area contributed by atoms with Gasteiger partial charge in [0.2, 0.25) is 0 Å². The van der Waals surface area contributed by atoms with Crippen molar-refractivity contribution in [3.8, 4) is 23.0 Å². The number of benzene rings is 3. The maximum absolute atomic E-state index is 12.7. The fourth-order valence-corrected chi connectivity index (χ4v) is 3.69. The average molecular weight is 457 g/mol. The van der Waals surface area contributed by atoms with Crippen molar-refractivity contribution >= 4 is 11.8 Å². The highest BCUT2D eigenvalue weighted by Crippen LogP contribution is 2.22. The van der Waals surface area contributed by atoms with Gasteiger partial charge < -0.3 is 15.3 Å². The van der Waals surface area contributed by atoms with Crippen molar-refractivity contribution in [3.63, 3.8) is 0 Å². The molecule has 3 rings (SSSR count). The summed E-state index contributed by atoms with van der Waals surface area (Å²) in [6, 6.07) is 24.6.